The maximum Gasteiger partial charge on any atom is 0.319 e. The van der Waals surface area contributed by atoms with Crippen LogP contribution in [-0.4, -0.2) is 23.5 Å². The van der Waals surface area contributed by atoms with Crippen LogP contribution in [0.3, 0.4) is 0 Å². The molecule has 0 fully saturated rings. The summed E-state index contributed by atoms with van der Waals surface area (Å²) in [5.74, 6) is 1.20. The number of hydrogen-bond donors (Lipinski definition) is 3. The number of rotatable bonds is 8. The first-order chi connectivity index (χ1) is 16.4. The largest absolute Gasteiger partial charge is 0.350 e. The van der Waals surface area contributed by atoms with Gasteiger partial charge in [0.25, 0.3) is 0 Å². The van der Waals surface area contributed by atoms with E-state index < -0.39 is 0 Å². The van der Waals surface area contributed by atoms with Gasteiger partial charge in [-0.3, -0.25) is 9.78 Å². The van der Waals surface area contributed by atoms with Gasteiger partial charge in [0.15, 0.2) is 0 Å². The van der Waals surface area contributed by atoms with Gasteiger partial charge in [-0.2, -0.15) is 5.26 Å². The normalized spacial score (nSPS) is 19.6. The molecular weight excluding hydrogens is 426 g/mol. The predicted octanol–water partition coefficient (Wildman–Crippen LogP) is 4.64. The summed E-state index contributed by atoms with van der Waals surface area (Å²) in [6.45, 7) is 7.41. The smallest absolute Gasteiger partial charge is 0.319 e. The van der Waals surface area contributed by atoms with Gasteiger partial charge in [0.1, 0.15) is 0 Å². The van der Waals surface area contributed by atoms with E-state index in [4.69, 9.17) is 5.26 Å². The molecule has 0 saturated heterocycles. The van der Waals surface area contributed by atoms with Crippen LogP contribution in [0.1, 0.15) is 44.9 Å². The van der Waals surface area contributed by atoms with Crippen molar-refractivity contribution in [3.63, 3.8) is 0 Å². The van der Waals surface area contributed by atoms with Gasteiger partial charge < -0.3 is 16.0 Å². The van der Waals surface area contributed by atoms with Crippen molar-refractivity contribution in [2.75, 3.05) is 11.9 Å². The van der Waals surface area contributed by atoms with E-state index in [9.17, 15) is 9.59 Å². The number of nitriles is 1. The van der Waals surface area contributed by atoms with Gasteiger partial charge in [-0.15, -0.1) is 0 Å². The zero-order chi connectivity index (χ0) is 24.5. The highest BCUT2D eigenvalue weighted by molar-refractivity contribution is 5.89. The number of aromatic nitrogens is 1. The fourth-order valence-electron chi connectivity index (χ4n) is 4.55. The lowest BCUT2D eigenvalue weighted by Crippen LogP contribution is -2.39. The molecule has 2 aromatic rings. The molecule has 178 valence electrons. The lowest BCUT2D eigenvalue weighted by molar-refractivity contribution is -0.122. The van der Waals surface area contributed by atoms with Gasteiger partial charge in [0.2, 0.25) is 5.91 Å². The van der Waals surface area contributed by atoms with Crippen molar-refractivity contribution < 1.29 is 9.59 Å². The van der Waals surface area contributed by atoms with Gasteiger partial charge in [-0.25, -0.2) is 4.79 Å². The van der Waals surface area contributed by atoms with Crippen LogP contribution in [0.5, 0.6) is 0 Å². The first-order valence-corrected chi connectivity index (χ1v) is 11.8. The highest BCUT2D eigenvalue weighted by atomic mass is 16.2. The molecule has 1 aromatic heterocycles. The number of amides is 3. The van der Waals surface area contributed by atoms with Crippen molar-refractivity contribution in [1.82, 2.24) is 15.6 Å². The molecule has 0 spiro atoms. The molecule has 0 bridgehead atoms. The highest BCUT2D eigenvalue weighted by Crippen LogP contribution is 2.38. The molecule has 3 amide bonds. The third kappa shape index (κ3) is 7.17. The van der Waals surface area contributed by atoms with Crippen molar-refractivity contribution in [3.05, 3.63) is 71.6 Å². The Morgan fingerprint density at radius 2 is 2.00 bits per heavy atom. The topological polar surface area (TPSA) is 107 Å². The van der Waals surface area contributed by atoms with E-state index in [0.29, 0.717) is 42.6 Å². The Bertz CT molecular complexity index is 1060. The zero-order valence-electron chi connectivity index (χ0n) is 20.0. The van der Waals surface area contributed by atoms with Crippen LogP contribution in [0.15, 0.2) is 60.3 Å². The van der Waals surface area contributed by atoms with Gasteiger partial charge in [-0.1, -0.05) is 37.6 Å². The van der Waals surface area contributed by atoms with Crippen LogP contribution in [0.2, 0.25) is 0 Å². The minimum absolute atomic E-state index is 0.0291. The van der Waals surface area contributed by atoms with Crippen LogP contribution in [0.4, 0.5) is 10.5 Å². The molecule has 1 aliphatic carbocycles. The molecule has 1 heterocycles. The van der Waals surface area contributed by atoms with E-state index >= 15 is 0 Å². The lowest BCUT2D eigenvalue weighted by Gasteiger charge is -2.37. The summed E-state index contributed by atoms with van der Waals surface area (Å²) in [4.78, 5) is 29.2. The summed E-state index contributed by atoms with van der Waals surface area (Å²) in [6, 6.07) is 14.3. The standard InChI is InChI=1S/C27H33N5O2/c1-18(2)25-13-21(14-26(33)30-17-24-8-4-5-10-29-24)19(3)11-22(25)16-31-27(34)32-23-9-6-7-20(12-23)15-28/h4-12,18,21-22,25H,13-14,16-17H2,1-3H3,(H,30,33)(H2,31,32,34). The number of benzene rings is 1. The second kappa shape index (κ2) is 12.0. The van der Waals surface area contributed by atoms with Crippen LogP contribution in [0, 0.1) is 35.0 Å². The Balaban J connectivity index is 1.55. The number of hydrogen-bond acceptors (Lipinski definition) is 4. The third-order valence-corrected chi connectivity index (χ3v) is 6.46. The van der Waals surface area contributed by atoms with E-state index in [0.717, 1.165) is 12.1 Å². The van der Waals surface area contributed by atoms with Gasteiger partial charge in [0.05, 0.1) is 23.9 Å². The number of nitrogens with one attached hydrogen (secondary N) is 3. The summed E-state index contributed by atoms with van der Waals surface area (Å²) >= 11 is 0. The van der Waals surface area contributed by atoms with Crippen molar-refractivity contribution in [3.8, 4) is 6.07 Å². The zero-order valence-corrected chi connectivity index (χ0v) is 20.0. The van der Waals surface area contributed by atoms with Crippen LogP contribution in [0.25, 0.3) is 0 Å². The van der Waals surface area contributed by atoms with Crippen molar-refractivity contribution >= 4 is 17.6 Å². The van der Waals surface area contributed by atoms with Gasteiger partial charge in [-0.05, 0) is 67.3 Å². The Kier molecular flexibility index (Phi) is 8.80. The number of anilines is 1. The molecule has 3 unspecified atom stereocenters. The molecule has 1 aromatic carbocycles. The van der Waals surface area contributed by atoms with Crippen molar-refractivity contribution in [2.24, 2.45) is 23.7 Å². The highest BCUT2D eigenvalue weighted by Gasteiger charge is 2.32. The molecule has 3 rings (SSSR count). The minimum atomic E-state index is -0.292. The van der Waals surface area contributed by atoms with Crippen molar-refractivity contribution in [1.29, 1.82) is 5.26 Å². The minimum Gasteiger partial charge on any atom is -0.350 e. The van der Waals surface area contributed by atoms with E-state index in [1.54, 1.807) is 30.5 Å². The second-order valence-electron chi connectivity index (χ2n) is 9.24. The number of nitrogens with zero attached hydrogens (tertiary/aromatic N) is 2. The molecule has 1 aliphatic rings. The second-order valence-corrected chi connectivity index (χ2v) is 9.24. The lowest BCUT2D eigenvalue weighted by atomic mass is 9.70. The van der Waals surface area contributed by atoms with E-state index in [1.807, 2.05) is 18.2 Å². The molecule has 34 heavy (non-hydrogen) atoms. The van der Waals surface area contributed by atoms with Crippen LogP contribution in [-0.2, 0) is 11.3 Å². The molecule has 0 aliphatic heterocycles. The Morgan fingerprint density at radius 3 is 2.71 bits per heavy atom. The molecule has 7 nitrogen and oxygen atoms in total. The third-order valence-electron chi connectivity index (χ3n) is 6.46. The maximum absolute atomic E-state index is 12.6. The van der Waals surface area contributed by atoms with Crippen LogP contribution < -0.4 is 16.0 Å². The first kappa shape index (κ1) is 25.0. The molecule has 3 atom stereocenters. The summed E-state index contributed by atoms with van der Waals surface area (Å²) < 4.78 is 0. The SMILES string of the molecule is CC1=CC(CNC(=O)Nc2cccc(C#N)c2)C(C(C)C)CC1CC(=O)NCc1ccccn1. The van der Waals surface area contributed by atoms with Gasteiger partial charge >= 0.3 is 6.03 Å². The quantitative estimate of drug-likeness (QED) is 0.500. The fraction of sp³-hybridized carbons (Fsp3) is 0.407. The molecule has 7 heteroatoms. The molecular formula is C27H33N5O2. The fourth-order valence-corrected chi connectivity index (χ4v) is 4.55. The van der Waals surface area contributed by atoms with E-state index in [2.05, 4.69) is 53.9 Å². The summed E-state index contributed by atoms with van der Waals surface area (Å²) in [5.41, 5.74) is 3.12. The number of pyridine rings is 1. The Labute approximate surface area is 201 Å². The summed E-state index contributed by atoms with van der Waals surface area (Å²) in [7, 11) is 0. The van der Waals surface area contributed by atoms with Crippen LogP contribution >= 0.6 is 0 Å². The summed E-state index contributed by atoms with van der Waals surface area (Å²) in [5, 5.41) is 17.8. The maximum atomic E-state index is 12.6. The average Bonchev–Trinajstić information content (AvgIpc) is 2.83. The number of carbonyl (C=O) groups is 2. The Morgan fingerprint density at radius 1 is 1.18 bits per heavy atom. The Hall–Kier alpha value is -3.66. The summed E-state index contributed by atoms with van der Waals surface area (Å²) in [6.07, 6.45) is 5.31. The number of carbonyl (C=O) groups excluding carboxylic acids is 2. The van der Waals surface area contributed by atoms with E-state index in [-0.39, 0.29) is 23.8 Å². The molecule has 0 radical (unpaired) electrons. The molecule has 3 N–H and O–H groups in total. The van der Waals surface area contributed by atoms with Gasteiger partial charge in [0, 0.05) is 24.8 Å². The number of urea groups is 1. The van der Waals surface area contributed by atoms with E-state index in [1.165, 1.54) is 5.57 Å². The first-order valence-electron chi connectivity index (χ1n) is 11.8. The average molecular weight is 460 g/mol. The number of allylic oxidation sites excluding steroid dienone is 1. The molecule has 0 saturated carbocycles. The van der Waals surface area contributed by atoms with Crippen molar-refractivity contribution in [2.45, 2.75) is 40.2 Å². The monoisotopic (exact) mass is 459 g/mol. The predicted molar refractivity (Wildman–Crippen MR) is 133 cm³/mol.